The van der Waals surface area contributed by atoms with E-state index in [0.29, 0.717) is 24.1 Å². The molecule has 3 rings (SSSR count). The second kappa shape index (κ2) is 7.12. The monoisotopic (exact) mass is 327 g/mol. The van der Waals surface area contributed by atoms with Gasteiger partial charge in [0.05, 0.1) is 0 Å². The van der Waals surface area contributed by atoms with Gasteiger partial charge in [-0.25, -0.2) is 4.39 Å². The molecule has 0 amide bonds. The lowest BCUT2D eigenvalue weighted by atomic mass is 10.2. The quantitative estimate of drug-likeness (QED) is 0.732. The third-order valence-electron chi connectivity index (χ3n) is 3.43. The van der Waals surface area contributed by atoms with E-state index in [1.165, 1.54) is 12.1 Å². The number of anilines is 1. The Morgan fingerprint density at radius 2 is 2.04 bits per heavy atom. The van der Waals surface area contributed by atoms with E-state index in [1.807, 2.05) is 31.2 Å². The van der Waals surface area contributed by atoms with Crippen LogP contribution in [0, 0.1) is 12.7 Å². The van der Waals surface area contributed by atoms with Gasteiger partial charge >= 0.3 is 0 Å². The first-order valence-corrected chi connectivity index (χ1v) is 7.64. The Morgan fingerprint density at radius 3 is 2.79 bits per heavy atom. The lowest BCUT2D eigenvalue weighted by Gasteiger charge is -2.13. The molecule has 0 saturated heterocycles. The standard InChI is InChI=1S/C18H18FN3O2/c1-12(18-21-13(2)22-24-18)20-16-7-3-5-14(9-16)11-23-17-8-4-6-15(19)10-17/h3-10,12,20H,11H2,1-2H3/t12-/m0/s1. The zero-order valence-electron chi connectivity index (χ0n) is 13.5. The Kier molecular flexibility index (Phi) is 4.74. The van der Waals surface area contributed by atoms with Crippen LogP contribution in [0.4, 0.5) is 10.1 Å². The molecule has 5 nitrogen and oxygen atoms in total. The molecule has 0 spiro atoms. The summed E-state index contributed by atoms with van der Waals surface area (Å²) < 4.78 is 23.9. The van der Waals surface area contributed by atoms with Crippen LogP contribution in [-0.4, -0.2) is 10.1 Å². The summed E-state index contributed by atoms with van der Waals surface area (Å²) in [5.41, 5.74) is 1.89. The first kappa shape index (κ1) is 16.0. The molecule has 1 aromatic heterocycles. The van der Waals surface area contributed by atoms with Gasteiger partial charge in [0.25, 0.3) is 0 Å². The Hall–Kier alpha value is -2.89. The van der Waals surface area contributed by atoms with E-state index in [2.05, 4.69) is 15.5 Å². The van der Waals surface area contributed by atoms with E-state index in [4.69, 9.17) is 9.26 Å². The molecule has 0 unspecified atom stereocenters. The second-order valence-electron chi connectivity index (χ2n) is 5.49. The van der Waals surface area contributed by atoms with Crippen LogP contribution in [0.25, 0.3) is 0 Å². The van der Waals surface area contributed by atoms with Crippen LogP contribution >= 0.6 is 0 Å². The predicted octanol–water partition coefficient (Wildman–Crippen LogP) is 4.27. The molecular formula is C18H18FN3O2. The molecule has 0 aliphatic rings. The molecule has 3 aromatic rings. The van der Waals surface area contributed by atoms with Crippen molar-refractivity contribution >= 4 is 5.69 Å². The summed E-state index contributed by atoms with van der Waals surface area (Å²) in [6, 6.07) is 13.8. The Morgan fingerprint density at radius 1 is 1.21 bits per heavy atom. The van der Waals surface area contributed by atoms with Gasteiger partial charge in [0, 0.05) is 11.8 Å². The fourth-order valence-corrected chi connectivity index (χ4v) is 2.28. The molecule has 2 aromatic carbocycles. The SMILES string of the molecule is Cc1noc([C@H](C)Nc2cccc(COc3cccc(F)c3)c2)n1. The van der Waals surface area contributed by atoms with Gasteiger partial charge in [0.1, 0.15) is 24.2 Å². The van der Waals surface area contributed by atoms with E-state index in [9.17, 15) is 4.39 Å². The number of aryl methyl sites for hydroxylation is 1. The van der Waals surface area contributed by atoms with Gasteiger partial charge in [0.15, 0.2) is 5.82 Å². The van der Waals surface area contributed by atoms with Crippen LogP contribution < -0.4 is 10.1 Å². The second-order valence-corrected chi connectivity index (χ2v) is 5.49. The van der Waals surface area contributed by atoms with Crippen LogP contribution in [0.5, 0.6) is 5.75 Å². The van der Waals surface area contributed by atoms with Crippen LogP contribution in [0.2, 0.25) is 0 Å². The van der Waals surface area contributed by atoms with Crippen molar-refractivity contribution in [1.82, 2.24) is 10.1 Å². The highest BCUT2D eigenvalue weighted by Crippen LogP contribution is 2.20. The average Bonchev–Trinajstić information content (AvgIpc) is 3.00. The lowest BCUT2D eigenvalue weighted by molar-refractivity contribution is 0.304. The number of rotatable bonds is 6. The first-order valence-electron chi connectivity index (χ1n) is 7.64. The third-order valence-corrected chi connectivity index (χ3v) is 3.43. The fraction of sp³-hybridized carbons (Fsp3) is 0.222. The summed E-state index contributed by atoms with van der Waals surface area (Å²) in [6.45, 7) is 4.08. The maximum atomic E-state index is 13.2. The molecule has 124 valence electrons. The van der Waals surface area contributed by atoms with E-state index in [1.54, 1.807) is 19.1 Å². The molecule has 1 atom stereocenters. The molecule has 0 aliphatic heterocycles. The van der Waals surface area contributed by atoms with Gasteiger partial charge in [-0.2, -0.15) is 4.98 Å². The van der Waals surface area contributed by atoms with E-state index in [-0.39, 0.29) is 11.9 Å². The van der Waals surface area contributed by atoms with Crippen molar-refractivity contribution in [2.75, 3.05) is 5.32 Å². The number of hydrogen-bond acceptors (Lipinski definition) is 5. The largest absolute Gasteiger partial charge is 0.489 e. The van der Waals surface area contributed by atoms with Crippen molar-refractivity contribution in [2.24, 2.45) is 0 Å². The number of aromatic nitrogens is 2. The van der Waals surface area contributed by atoms with Crippen LogP contribution in [0.3, 0.4) is 0 Å². The molecular weight excluding hydrogens is 309 g/mol. The van der Waals surface area contributed by atoms with Crippen molar-refractivity contribution < 1.29 is 13.7 Å². The number of nitrogens with one attached hydrogen (secondary N) is 1. The third kappa shape index (κ3) is 4.10. The zero-order valence-corrected chi connectivity index (χ0v) is 13.5. The molecule has 1 heterocycles. The van der Waals surface area contributed by atoms with Crippen molar-refractivity contribution in [1.29, 1.82) is 0 Å². The summed E-state index contributed by atoms with van der Waals surface area (Å²) in [4.78, 5) is 4.21. The van der Waals surface area contributed by atoms with Crippen molar-refractivity contribution in [3.05, 3.63) is 71.6 Å². The maximum Gasteiger partial charge on any atom is 0.248 e. The van der Waals surface area contributed by atoms with Crippen LogP contribution in [0.15, 0.2) is 53.1 Å². The molecule has 6 heteroatoms. The Balaban J connectivity index is 1.63. The molecule has 0 saturated carbocycles. The first-order chi connectivity index (χ1) is 11.6. The number of benzene rings is 2. The van der Waals surface area contributed by atoms with Gasteiger partial charge < -0.3 is 14.6 Å². The van der Waals surface area contributed by atoms with Crippen molar-refractivity contribution in [3.8, 4) is 5.75 Å². The minimum atomic E-state index is -0.313. The molecule has 0 fully saturated rings. The summed E-state index contributed by atoms with van der Waals surface area (Å²) >= 11 is 0. The number of ether oxygens (including phenoxy) is 1. The van der Waals surface area contributed by atoms with Gasteiger partial charge in [-0.05, 0) is 43.7 Å². The van der Waals surface area contributed by atoms with E-state index >= 15 is 0 Å². The van der Waals surface area contributed by atoms with Gasteiger partial charge in [-0.15, -0.1) is 0 Å². The Bertz CT molecular complexity index is 819. The smallest absolute Gasteiger partial charge is 0.248 e. The summed E-state index contributed by atoms with van der Waals surface area (Å²) in [5.74, 6) is 1.33. The Labute approximate surface area is 139 Å². The minimum absolute atomic E-state index is 0.106. The summed E-state index contributed by atoms with van der Waals surface area (Å²) in [5, 5.41) is 7.10. The van der Waals surface area contributed by atoms with E-state index in [0.717, 1.165) is 11.3 Å². The number of nitrogens with zero attached hydrogens (tertiary/aromatic N) is 2. The number of hydrogen-bond donors (Lipinski definition) is 1. The highest BCUT2D eigenvalue weighted by atomic mass is 19.1. The topological polar surface area (TPSA) is 60.2 Å². The van der Waals surface area contributed by atoms with Gasteiger partial charge in [-0.3, -0.25) is 0 Å². The summed E-state index contributed by atoms with van der Waals surface area (Å²) in [6.07, 6.45) is 0. The van der Waals surface area contributed by atoms with Crippen molar-refractivity contribution in [3.63, 3.8) is 0 Å². The molecule has 0 radical (unpaired) electrons. The van der Waals surface area contributed by atoms with E-state index < -0.39 is 0 Å². The normalized spacial score (nSPS) is 12.0. The average molecular weight is 327 g/mol. The molecule has 24 heavy (non-hydrogen) atoms. The van der Waals surface area contributed by atoms with Gasteiger partial charge in [-0.1, -0.05) is 23.4 Å². The zero-order chi connectivity index (χ0) is 16.9. The fourth-order valence-electron chi connectivity index (χ4n) is 2.28. The molecule has 0 bridgehead atoms. The minimum Gasteiger partial charge on any atom is -0.489 e. The molecule has 0 aliphatic carbocycles. The lowest BCUT2D eigenvalue weighted by Crippen LogP contribution is -2.07. The number of halogens is 1. The van der Waals surface area contributed by atoms with Crippen LogP contribution in [0.1, 0.15) is 30.2 Å². The summed E-state index contributed by atoms with van der Waals surface area (Å²) in [7, 11) is 0. The highest BCUT2D eigenvalue weighted by molar-refractivity contribution is 5.46. The highest BCUT2D eigenvalue weighted by Gasteiger charge is 2.12. The van der Waals surface area contributed by atoms with Crippen molar-refractivity contribution in [2.45, 2.75) is 26.5 Å². The van der Waals surface area contributed by atoms with Crippen LogP contribution in [-0.2, 0) is 6.61 Å². The predicted molar refractivity (Wildman–Crippen MR) is 88.2 cm³/mol. The maximum absolute atomic E-state index is 13.2. The van der Waals surface area contributed by atoms with Gasteiger partial charge in [0.2, 0.25) is 5.89 Å². The molecule has 1 N–H and O–H groups in total.